The fourth-order valence-corrected chi connectivity index (χ4v) is 2.58. The Morgan fingerprint density at radius 2 is 1.76 bits per heavy atom. The van der Waals surface area contributed by atoms with Crippen molar-refractivity contribution < 1.29 is 22.7 Å². The van der Waals surface area contributed by atoms with Gasteiger partial charge in [0.05, 0.1) is 12.9 Å². The van der Waals surface area contributed by atoms with Crippen LogP contribution in [-0.2, 0) is 19.6 Å². The number of carbonyl (C=O) groups is 2. The maximum absolute atomic E-state index is 11.6. The van der Waals surface area contributed by atoms with E-state index in [1.165, 1.54) is 19.2 Å². The number of unbranched alkanes of at least 4 members (excludes halogenated alkanes) is 1. The highest BCUT2D eigenvalue weighted by Crippen LogP contribution is 2.14. The summed E-state index contributed by atoms with van der Waals surface area (Å²) >= 11 is 0. The van der Waals surface area contributed by atoms with Crippen LogP contribution in [0.5, 0.6) is 5.75 Å². The van der Waals surface area contributed by atoms with Crippen molar-refractivity contribution in [1.82, 2.24) is 4.72 Å². The molecule has 1 aromatic carbocycles. The maximum Gasteiger partial charge on any atom is 0.323 e. The van der Waals surface area contributed by atoms with Crippen LogP contribution in [0.2, 0.25) is 0 Å². The summed E-state index contributed by atoms with van der Waals surface area (Å²) in [6.45, 7) is 1.83. The Bertz CT molecular complexity index is 595. The van der Waals surface area contributed by atoms with Gasteiger partial charge in [-0.3, -0.25) is 9.59 Å². The average molecular weight is 314 g/mol. The summed E-state index contributed by atoms with van der Waals surface area (Å²) in [4.78, 5) is 23.1. The molecule has 0 heterocycles. The zero-order valence-corrected chi connectivity index (χ0v) is 12.7. The van der Waals surface area contributed by atoms with Gasteiger partial charge in [0, 0.05) is 5.69 Å². The van der Waals surface area contributed by atoms with E-state index in [1.807, 2.05) is 6.92 Å². The summed E-state index contributed by atoms with van der Waals surface area (Å²) in [7, 11) is -2.27. The molecular weight excluding hydrogens is 296 g/mol. The van der Waals surface area contributed by atoms with Crippen LogP contribution in [0, 0.1) is 0 Å². The lowest BCUT2D eigenvalue weighted by Gasteiger charge is -2.07. The molecule has 0 fully saturated rings. The lowest BCUT2D eigenvalue weighted by molar-refractivity contribution is -0.135. The first kappa shape index (κ1) is 17.0. The van der Waals surface area contributed by atoms with Gasteiger partial charge in [0.1, 0.15) is 5.75 Å². The van der Waals surface area contributed by atoms with Crippen LogP contribution in [-0.4, -0.2) is 33.1 Å². The Labute approximate surface area is 123 Å². The first-order chi connectivity index (χ1) is 9.88. The number of ether oxygens (including phenoxy) is 1. The standard InChI is InChI=1S/C13H18N2O5S/c1-3-4-9-21(18,19)15-13(17)12(16)14-10-5-7-11(20-2)8-6-10/h5-8H,3-4,9H2,1-2H3,(H,14,16)(H,15,17). The Kier molecular flexibility index (Phi) is 6.16. The quantitative estimate of drug-likeness (QED) is 0.759. The molecular formula is C13H18N2O5S. The molecule has 0 saturated carbocycles. The van der Waals surface area contributed by atoms with Gasteiger partial charge < -0.3 is 10.1 Å². The molecule has 8 heteroatoms. The largest absolute Gasteiger partial charge is 0.497 e. The van der Waals surface area contributed by atoms with Gasteiger partial charge >= 0.3 is 11.8 Å². The number of anilines is 1. The maximum atomic E-state index is 11.6. The third-order valence-corrected chi connectivity index (χ3v) is 3.89. The number of methoxy groups -OCH3 is 1. The molecule has 0 atom stereocenters. The summed E-state index contributed by atoms with van der Waals surface area (Å²) in [6.07, 6.45) is 1.09. The number of rotatable bonds is 6. The van der Waals surface area contributed by atoms with Crippen LogP contribution in [0.25, 0.3) is 0 Å². The van der Waals surface area contributed by atoms with E-state index in [0.717, 1.165) is 0 Å². The fraction of sp³-hybridized carbons (Fsp3) is 0.385. The summed E-state index contributed by atoms with van der Waals surface area (Å²) in [6, 6.07) is 6.28. The lowest BCUT2D eigenvalue weighted by Crippen LogP contribution is -2.40. The topological polar surface area (TPSA) is 102 Å². The molecule has 0 aliphatic heterocycles. The van der Waals surface area contributed by atoms with Gasteiger partial charge in [-0.2, -0.15) is 0 Å². The van der Waals surface area contributed by atoms with Gasteiger partial charge in [-0.1, -0.05) is 13.3 Å². The molecule has 1 rings (SSSR count). The Morgan fingerprint density at radius 1 is 1.14 bits per heavy atom. The van der Waals surface area contributed by atoms with Gasteiger partial charge in [0.15, 0.2) is 0 Å². The van der Waals surface area contributed by atoms with Crippen LogP contribution in [0.1, 0.15) is 19.8 Å². The Morgan fingerprint density at radius 3 is 2.29 bits per heavy atom. The molecule has 116 valence electrons. The van der Waals surface area contributed by atoms with Crippen LogP contribution in [0.15, 0.2) is 24.3 Å². The van der Waals surface area contributed by atoms with E-state index in [4.69, 9.17) is 4.74 Å². The molecule has 0 bridgehead atoms. The van der Waals surface area contributed by atoms with E-state index in [9.17, 15) is 18.0 Å². The predicted octanol–water partition coefficient (Wildman–Crippen LogP) is 0.880. The van der Waals surface area contributed by atoms with Crippen molar-refractivity contribution in [3.8, 4) is 5.75 Å². The minimum Gasteiger partial charge on any atom is -0.497 e. The van der Waals surface area contributed by atoms with Crippen molar-refractivity contribution in [3.63, 3.8) is 0 Å². The van der Waals surface area contributed by atoms with Crippen molar-refractivity contribution in [2.75, 3.05) is 18.2 Å². The second kappa shape index (κ2) is 7.63. The van der Waals surface area contributed by atoms with Crippen molar-refractivity contribution in [2.45, 2.75) is 19.8 Å². The molecule has 2 N–H and O–H groups in total. The number of nitrogens with one attached hydrogen (secondary N) is 2. The molecule has 0 radical (unpaired) electrons. The number of sulfonamides is 1. The van der Waals surface area contributed by atoms with Crippen molar-refractivity contribution in [3.05, 3.63) is 24.3 Å². The predicted molar refractivity (Wildman–Crippen MR) is 78.5 cm³/mol. The molecule has 0 aromatic heterocycles. The Hall–Kier alpha value is -2.09. The van der Waals surface area contributed by atoms with Crippen LogP contribution in [0.4, 0.5) is 5.69 Å². The normalized spacial score (nSPS) is 10.8. The van der Waals surface area contributed by atoms with Crippen LogP contribution < -0.4 is 14.8 Å². The van der Waals surface area contributed by atoms with E-state index in [0.29, 0.717) is 24.3 Å². The van der Waals surface area contributed by atoms with Crippen molar-refractivity contribution in [2.24, 2.45) is 0 Å². The summed E-state index contributed by atoms with van der Waals surface area (Å²) < 4.78 is 29.7. The minimum atomic E-state index is -3.77. The fourth-order valence-electron chi connectivity index (χ4n) is 1.44. The van der Waals surface area contributed by atoms with E-state index >= 15 is 0 Å². The molecule has 7 nitrogen and oxygen atoms in total. The van der Waals surface area contributed by atoms with Crippen LogP contribution >= 0.6 is 0 Å². The zero-order chi connectivity index (χ0) is 15.9. The first-order valence-electron chi connectivity index (χ1n) is 6.38. The van der Waals surface area contributed by atoms with E-state index in [-0.39, 0.29) is 5.75 Å². The molecule has 0 aliphatic carbocycles. The molecule has 0 unspecified atom stereocenters. The summed E-state index contributed by atoms with van der Waals surface area (Å²) in [5, 5.41) is 2.30. The molecule has 1 aromatic rings. The monoisotopic (exact) mass is 314 g/mol. The number of hydrogen-bond donors (Lipinski definition) is 2. The molecule has 2 amide bonds. The van der Waals surface area contributed by atoms with Crippen molar-refractivity contribution >= 4 is 27.5 Å². The smallest absolute Gasteiger partial charge is 0.323 e. The van der Waals surface area contributed by atoms with E-state index < -0.39 is 21.8 Å². The highest BCUT2D eigenvalue weighted by atomic mass is 32.2. The lowest BCUT2D eigenvalue weighted by atomic mass is 10.3. The Balaban J connectivity index is 2.60. The minimum absolute atomic E-state index is 0.189. The summed E-state index contributed by atoms with van der Waals surface area (Å²) in [5.41, 5.74) is 0.363. The first-order valence-corrected chi connectivity index (χ1v) is 8.03. The summed E-state index contributed by atoms with van der Waals surface area (Å²) in [5.74, 6) is -1.84. The second-order valence-electron chi connectivity index (χ2n) is 4.29. The third-order valence-electron chi connectivity index (χ3n) is 2.57. The van der Waals surface area contributed by atoms with Gasteiger partial charge in [0.25, 0.3) is 0 Å². The molecule has 0 spiro atoms. The van der Waals surface area contributed by atoms with E-state index in [1.54, 1.807) is 16.9 Å². The molecule has 0 saturated heterocycles. The van der Waals surface area contributed by atoms with E-state index in [2.05, 4.69) is 5.32 Å². The van der Waals surface area contributed by atoms with Gasteiger partial charge in [0.2, 0.25) is 10.0 Å². The molecule has 21 heavy (non-hydrogen) atoms. The average Bonchev–Trinajstić information content (AvgIpc) is 2.45. The van der Waals surface area contributed by atoms with Gasteiger partial charge in [-0.05, 0) is 30.7 Å². The highest BCUT2D eigenvalue weighted by molar-refractivity contribution is 7.90. The number of amides is 2. The SMILES string of the molecule is CCCCS(=O)(=O)NC(=O)C(=O)Nc1ccc(OC)cc1. The number of hydrogen-bond acceptors (Lipinski definition) is 5. The zero-order valence-electron chi connectivity index (χ0n) is 11.9. The van der Waals surface area contributed by atoms with Crippen LogP contribution in [0.3, 0.4) is 0 Å². The highest BCUT2D eigenvalue weighted by Gasteiger charge is 2.20. The third kappa shape index (κ3) is 5.82. The number of benzene rings is 1. The molecule has 0 aliphatic rings. The van der Waals surface area contributed by atoms with Crippen molar-refractivity contribution in [1.29, 1.82) is 0 Å². The number of carbonyl (C=O) groups excluding carboxylic acids is 2. The van der Waals surface area contributed by atoms with Gasteiger partial charge in [-0.25, -0.2) is 13.1 Å². The second-order valence-corrected chi connectivity index (χ2v) is 6.13. The van der Waals surface area contributed by atoms with Gasteiger partial charge in [-0.15, -0.1) is 0 Å².